The molecule has 0 aliphatic carbocycles. The molecule has 0 saturated carbocycles. The first kappa shape index (κ1) is 14.4. The summed E-state index contributed by atoms with van der Waals surface area (Å²) in [6.45, 7) is 0.332. The van der Waals surface area contributed by atoms with E-state index in [2.05, 4.69) is 0 Å². The highest BCUT2D eigenvalue weighted by Gasteiger charge is 2.42. The van der Waals surface area contributed by atoms with Crippen molar-refractivity contribution in [2.75, 3.05) is 4.90 Å². The molecule has 2 amide bonds. The zero-order chi connectivity index (χ0) is 15.5. The predicted molar refractivity (Wildman–Crippen MR) is 79.4 cm³/mol. The van der Waals surface area contributed by atoms with E-state index in [4.69, 9.17) is 0 Å². The van der Waals surface area contributed by atoms with Crippen LogP contribution >= 0.6 is 0 Å². The van der Waals surface area contributed by atoms with E-state index in [1.807, 2.05) is 6.07 Å². The zero-order valence-corrected chi connectivity index (χ0v) is 11.9. The van der Waals surface area contributed by atoms with E-state index < -0.39 is 6.04 Å². The normalized spacial score (nSPS) is 18.0. The molecule has 5 heteroatoms. The second-order valence-corrected chi connectivity index (χ2v) is 5.24. The van der Waals surface area contributed by atoms with Crippen molar-refractivity contribution in [2.24, 2.45) is 0 Å². The number of hydrogen-bond acceptors (Lipinski definition) is 2. The third kappa shape index (κ3) is 2.76. The molecule has 1 fully saturated rings. The Morgan fingerprint density at radius 2 is 1.73 bits per heavy atom. The summed E-state index contributed by atoms with van der Waals surface area (Å²) in [5.41, 5.74) is 1.11. The van der Waals surface area contributed by atoms with Crippen LogP contribution in [0, 0.1) is 5.82 Å². The summed E-state index contributed by atoms with van der Waals surface area (Å²) in [5, 5.41) is 1.72. The van der Waals surface area contributed by atoms with Crippen molar-refractivity contribution in [3.05, 3.63) is 66.0 Å². The van der Waals surface area contributed by atoms with Gasteiger partial charge in [-0.15, -0.1) is 0 Å². The number of rotatable bonds is 4. The molecule has 2 aromatic rings. The van der Waals surface area contributed by atoms with Crippen molar-refractivity contribution in [2.45, 2.75) is 19.0 Å². The van der Waals surface area contributed by atoms with Gasteiger partial charge in [0.2, 0.25) is 5.91 Å². The number of para-hydroxylation sites is 1. The summed E-state index contributed by atoms with van der Waals surface area (Å²) >= 11 is 0. The largest absolute Gasteiger partial charge is 0.332 e. The Morgan fingerprint density at radius 1 is 1.05 bits per heavy atom. The highest BCUT2D eigenvalue weighted by atomic mass is 19.1. The lowest BCUT2D eigenvalue weighted by Crippen LogP contribution is -2.90. The third-order valence-electron chi connectivity index (χ3n) is 3.78. The van der Waals surface area contributed by atoms with Gasteiger partial charge in [0, 0.05) is 5.56 Å². The lowest BCUT2D eigenvalue weighted by Gasteiger charge is -2.14. The molecule has 2 N–H and O–H groups in total. The molecular formula is C17H16FN2O2+. The van der Waals surface area contributed by atoms with Crippen LogP contribution in [0.3, 0.4) is 0 Å². The zero-order valence-electron chi connectivity index (χ0n) is 11.9. The highest BCUT2D eigenvalue weighted by molar-refractivity contribution is 6.21. The first-order valence-electron chi connectivity index (χ1n) is 7.15. The number of carbonyl (C=O) groups is 2. The number of hydrogen-bond donors (Lipinski definition) is 1. The fourth-order valence-corrected chi connectivity index (χ4v) is 2.62. The Balaban J connectivity index is 1.71. The van der Waals surface area contributed by atoms with Crippen LogP contribution in [0.15, 0.2) is 54.6 Å². The summed E-state index contributed by atoms with van der Waals surface area (Å²) in [6, 6.07) is 14.8. The van der Waals surface area contributed by atoms with Gasteiger partial charge in [0.05, 0.1) is 12.1 Å². The molecule has 22 heavy (non-hydrogen) atoms. The minimum Gasteiger partial charge on any atom is -0.332 e. The van der Waals surface area contributed by atoms with Crippen LogP contribution in [0.2, 0.25) is 0 Å². The molecule has 2 aromatic carbocycles. The number of nitrogens with two attached hydrogens (primary N) is 1. The van der Waals surface area contributed by atoms with Gasteiger partial charge >= 0.3 is 0 Å². The third-order valence-corrected chi connectivity index (χ3v) is 3.78. The smallest absolute Gasteiger partial charge is 0.292 e. The SMILES string of the molecule is O=C1C[C@@H]([NH2+]Cc2ccccc2F)C(=O)N1c1ccccc1. The topological polar surface area (TPSA) is 54.0 Å². The second kappa shape index (κ2) is 6.07. The molecule has 0 aromatic heterocycles. The van der Waals surface area contributed by atoms with Crippen LogP contribution in [-0.2, 0) is 16.1 Å². The van der Waals surface area contributed by atoms with Crippen molar-refractivity contribution in [3.8, 4) is 0 Å². The van der Waals surface area contributed by atoms with Crippen LogP contribution in [0.4, 0.5) is 10.1 Å². The average Bonchev–Trinajstić information content (AvgIpc) is 2.81. The van der Waals surface area contributed by atoms with E-state index in [0.29, 0.717) is 17.8 Å². The van der Waals surface area contributed by atoms with Gasteiger partial charge in [0.25, 0.3) is 5.91 Å². The van der Waals surface area contributed by atoms with Crippen LogP contribution in [0.25, 0.3) is 0 Å². The number of quaternary nitrogens is 1. The minimum absolute atomic E-state index is 0.141. The van der Waals surface area contributed by atoms with Gasteiger partial charge in [-0.25, -0.2) is 9.29 Å². The number of imide groups is 1. The molecule has 4 nitrogen and oxygen atoms in total. The van der Waals surface area contributed by atoms with E-state index >= 15 is 0 Å². The second-order valence-electron chi connectivity index (χ2n) is 5.24. The quantitative estimate of drug-likeness (QED) is 0.863. The van der Waals surface area contributed by atoms with Crippen LogP contribution in [0.5, 0.6) is 0 Å². The first-order valence-corrected chi connectivity index (χ1v) is 7.15. The molecule has 3 rings (SSSR count). The first-order chi connectivity index (χ1) is 10.7. The van der Waals surface area contributed by atoms with Gasteiger partial charge in [-0.05, 0) is 18.2 Å². The maximum atomic E-state index is 13.6. The van der Waals surface area contributed by atoms with E-state index in [0.717, 1.165) is 0 Å². The Morgan fingerprint density at radius 3 is 2.45 bits per heavy atom. The number of halogens is 1. The van der Waals surface area contributed by atoms with E-state index in [9.17, 15) is 14.0 Å². The lowest BCUT2D eigenvalue weighted by molar-refractivity contribution is -0.690. The van der Waals surface area contributed by atoms with Crippen molar-refractivity contribution in [1.29, 1.82) is 0 Å². The van der Waals surface area contributed by atoms with Crippen LogP contribution in [-0.4, -0.2) is 17.9 Å². The average molecular weight is 299 g/mol. The van der Waals surface area contributed by atoms with Crippen LogP contribution < -0.4 is 10.2 Å². The van der Waals surface area contributed by atoms with Crippen molar-refractivity contribution < 1.29 is 19.3 Å². The fraction of sp³-hybridized carbons (Fsp3) is 0.176. The van der Waals surface area contributed by atoms with Gasteiger partial charge in [0.1, 0.15) is 12.4 Å². The molecule has 0 bridgehead atoms. The fourth-order valence-electron chi connectivity index (χ4n) is 2.62. The van der Waals surface area contributed by atoms with E-state index in [-0.39, 0.29) is 24.1 Å². The molecule has 1 aliphatic heterocycles. The number of anilines is 1. The van der Waals surface area contributed by atoms with Crippen molar-refractivity contribution >= 4 is 17.5 Å². The molecule has 0 radical (unpaired) electrons. The minimum atomic E-state index is -0.493. The maximum absolute atomic E-state index is 13.6. The van der Waals surface area contributed by atoms with E-state index in [1.54, 1.807) is 47.8 Å². The monoisotopic (exact) mass is 299 g/mol. The molecule has 1 atom stereocenters. The molecule has 0 unspecified atom stereocenters. The Hall–Kier alpha value is -2.53. The summed E-state index contributed by atoms with van der Waals surface area (Å²) < 4.78 is 13.6. The highest BCUT2D eigenvalue weighted by Crippen LogP contribution is 2.21. The maximum Gasteiger partial charge on any atom is 0.292 e. The summed E-state index contributed by atoms with van der Waals surface area (Å²) in [7, 11) is 0. The van der Waals surface area contributed by atoms with Crippen molar-refractivity contribution in [3.63, 3.8) is 0 Å². The van der Waals surface area contributed by atoms with E-state index in [1.165, 1.54) is 11.0 Å². The standard InChI is InChI=1S/C17H15FN2O2/c18-14-9-5-4-6-12(14)11-19-15-10-16(21)20(17(15)22)13-7-2-1-3-8-13/h1-9,15,19H,10-11H2/p+1/t15-/m1/s1. The Labute approximate surface area is 127 Å². The van der Waals surface area contributed by atoms with Gasteiger partial charge < -0.3 is 5.32 Å². The summed E-state index contributed by atoms with van der Waals surface area (Å²) in [5.74, 6) is -0.756. The predicted octanol–water partition coefficient (Wildman–Crippen LogP) is 1.22. The number of amides is 2. The summed E-state index contributed by atoms with van der Waals surface area (Å²) in [6.07, 6.45) is 0.141. The molecule has 1 saturated heterocycles. The molecule has 112 valence electrons. The number of benzene rings is 2. The lowest BCUT2D eigenvalue weighted by atomic mass is 10.2. The van der Waals surface area contributed by atoms with Crippen molar-refractivity contribution in [1.82, 2.24) is 0 Å². The van der Waals surface area contributed by atoms with Gasteiger partial charge in [-0.1, -0.05) is 36.4 Å². The van der Waals surface area contributed by atoms with Gasteiger partial charge in [0.15, 0.2) is 6.04 Å². The molecule has 0 spiro atoms. The number of carbonyl (C=O) groups excluding carboxylic acids is 2. The Kier molecular flexibility index (Phi) is 3.98. The molecule has 1 heterocycles. The Bertz CT molecular complexity index is 703. The van der Waals surface area contributed by atoms with Crippen LogP contribution in [0.1, 0.15) is 12.0 Å². The van der Waals surface area contributed by atoms with Gasteiger partial charge in [-0.2, -0.15) is 0 Å². The molecular weight excluding hydrogens is 283 g/mol. The number of nitrogens with zero attached hydrogens (tertiary/aromatic N) is 1. The molecule has 1 aliphatic rings. The van der Waals surface area contributed by atoms with Gasteiger partial charge in [-0.3, -0.25) is 9.59 Å². The summed E-state index contributed by atoms with van der Waals surface area (Å²) in [4.78, 5) is 25.7.